The van der Waals surface area contributed by atoms with Crippen LogP contribution in [0.2, 0.25) is 0 Å². The number of hydrogen-bond acceptors (Lipinski definition) is 4. The van der Waals surface area contributed by atoms with Crippen molar-refractivity contribution in [3.63, 3.8) is 0 Å². The maximum absolute atomic E-state index is 11.1. The van der Waals surface area contributed by atoms with Crippen molar-refractivity contribution in [1.29, 1.82) is 0 Å². The van der Waals surface area contributed by atoms with Gasteiger partial charge in [-0.2, -0.15) is 8.42 Å². The lowest BCUT2D eigenvalue weighted by Gasteiger charge is -2.61. The zero-order valence-corrected chi connectivity index (χ0v) is 17.7. The van der Waals surface area contributed by atoms with Gasteiger partial charge in [-0.25, -0.2) is 4.18 Å². The maximum Gasteiger partial charge on any atom is 0.397 e. The van der Waals surface area contributed by atoms with Gasteiger partial charge in [0.25, 0.3) is 0 Å². The van der Waals surface area contributed by atoms with E-state index in [1.54, 1.807) is 0 Å². The van der Waals surface area contributed by atoms with Crippen LogP contribution in [0.25, 0.3) is 0 Å². The van der Waals surface area contributed by atoms with Crippen LogP contribution in [-0.4, -0.2) is 30.3 Å². The highest BCUT2D eigenvalue weighted by molar-refractivity contribution is 7.80. The SMILES string of the molecule is C[C@@H](O)[C@H]1CC[C@H]2[C@@H]3CC[C@H]4C[C@@H](OS(=O)(=O)O)CC[C@]4(C)[C@H]3CC[C@]12C. The summed E-state index contributed by atoms with van der Waals surface area (Å²) in [5.41, 5.74) is 0.538. The molecule has 0 amide bonds. The van der Waals surface area contributed by atoms with Crippen LogP contribution in [0.15, 0.2) is 0 Å². The molecular weight excluding hydrogens is 364 g/mol. The maximum atomic E-state index is 11.1. The predicted molar refractivity (Wildman–Crippen MR) is 103 cm³/mol. The average Bonchev–Trinajstić information content (AvgIpc) is 2.91. The standard InChI is InChI=1S/C21H36O5S/c1-13(22)17-6-7-18-16-5-4-14-12-15(26-27(23,24)25)8-10-20(14,2)19(16)9-11-21(17,18)3/h13-19,22H,4-12H2,1-3H3,(H,23,24,25)/t13-,14+,15+,16+,17-,18+,19+,20+,21-/m1/s1. The van der Waals surface area contributed by atoms with Crippen LogP contribution in [0, 0.1) is 40.4 Å². The first kappa shape index (κ1) is 20.1. The number of hydrogen-bond donors (Lipinski definition) is 2. The molecule has 0 radical (unpaired) electrons. The average molecular weight is 401 g/mol. The minimum atomic E-state index is -4.36. The van der Waals surface area contributed by atoms with E-state index in [4.69, 9.17) is 8.74 Å². The van der Waals surface area contributed by atoms with Crippen molar-refractivity contribution in [3.05, 3.63) is 0 Å². The van der Waals surface area contributed by atoms with Crippen molar-refractivity contribution < 1.29 is 22.3 Å². The molecule has 2 N–H and O–H groups in total. The van der Waals surface area contributed by atoms with Crippen molar-refractivity contribution in [2.24, 2.45) is 40.4 Å². The van der Waals surface area contributed by atoms with Gasteiger partial charge in [0.05, 0.1) is 12.2 Å². The van der Waals surface area contributed by atoms with Crippen LogP contribution >= 0.6 is 0 Å². The second-order valence-corrected chi connectivity index (χ2v) is 11.6. The molecule has 0 aromatic heterocycles. The Hall–Kier alpha value is -0.170. The van der Waals surface area contributed by atoms with Gasteiger partial charge in [-0.1, -0.05) is 13.8 Å². The van der Waals surface area contributed by atoms with Crippen molar-refractivity contribution in [3.8, 4) is 0 Å². The Kier molecular flexibility index (Phi) is 4.98. The summed E-state index contributed by atoms with van der Waals surface area (Å²) in [6, 6.07) is 0. The van der Waals surface area contributed by atoms with Gasteiger partial charge in [0, 0.05) is 0 Å². The minimum Gasteiger partial charge on any atom is -0.393 e. The van der Waals surface area contributed by atoms with Gasteiger partial charge in [-0.15, -0.1) is 0 Å². The lowest BCUT2D eigenvalue weighted by atomic mass is 9.44. The molecule has 5 nitrogen and oxygen atoms in total. The van der Waals surface area contributed by atoms with E-state index in [1.807, 2.05) is 6.92 Å². The van der Waals surface area contributed by atoms with Crippen LogP contribution in [-0.2, 0) is 14.6 Å². The fourth-order valence-electron chi connectivity index (χ4n) is 8.31. The molecule has 9 atom stereocenters. The van der Waals surface area contributed by atoms with Crippen LogP contribution in [0.3, 0.4) is 0 Å². The predicted octanol–water partition coefficient (Wildman–Crippen LogP) is 4.21. The molecule has 0 unspecified atom stereocenters. The second kappa shape index (κ2) is 6.68. The Balaban J connectivity index is 1.52. The first-order valence-electron chi connectivity index (χ1n) is 10.9. The molecule has 0 aromatic carbocycles. The molecule has 0 saturated heterocycles. The minimum absolute atomic E-state index is 0.212. The largest absolute Gasteiger partial charge is 0.397 e. The fourth-order valence-corrected chi connectivity index (χ4v) is 8.83. The monoisotopic (exact) mass is 400 g/mol. The van der Waals surface area contributed by atoms with Crippen molar-refractivity contribution >= 4 is 10.4 Å². The Morgan fingerprint density at radius 3 is 2.30 bits per heavy atom. The van der Waals surface area contributed by atoms with Crippen LogP contribution in [0.4, 0.5) is 0 Å². The Morgan fingerprint density at radius 1 is 0.963 bits per heavy atom. The molecular formula is C21H36O5S. The first-order chi connectivity index (χ1) is 12.5. The summed E-state index contributed by atoms with van der Waals surface area (Å²) in [5, 5.41) is 10.3. The zero-order chi connectivity index (χ0) is 19.6. The van der Waals surface area contributed by atoms with Crippen LogP contribution in [0.5, 0.6) is 0 Å². The van der Waals surface area contributed by atoms with E-state index >= 15 is 0 Å². The van der Waals surface area contributed by atoms with Gasteiger partial charge < -0.3 is 5.11 Å². The molecule has 0 heterocycles. The number of rotatable bonds is 3. The van der Waals surface area contributed by atoms with E-state index in [1.165, 1.54) is 25.7 Å². The molecule has 4 rings (SSSR count). The highest BCUT2D eigenvalue weighted by Gasteiger charge is 2.60. The lowest BCUT2D eigenvalue weighted by Crippen LogP contribution is -2.54. The number of aliphatic hydroxyl groups excluding tert-OH is 1. The van der Waals surface area contributed by atoms with E-state index < -0.39 is 10.4 Å². The van der Waals surface area contributed by atoms with Gasteiger partial charge in [-0.05, 0) is 105 Å². The highest BCUT2D eigenvalue weighted by atomic mass is 32.3. The fraction of sp³-hybridized carbons (Fsp3) is 1.00. The van der Waals surface area contributed by atoms with Crippen molar-refractivity contribution in [2.75, 3.05) is 0 Å². The number of aliphatic hydroxyl groups is 1. The van der Waals surface area contributed by atoms with Gasteiger partial charge in [0.2, 0.25) is 0 Å². The lowest BCUT2D eigenvalue weighted by molar-refractivity contribution is -0.130. The molecule has 4 aliphatic carbocycles. The highest BCUT2D eigenvalue weighted by Crippen LogP contribution is 2.67. The van der Waals surface area contributed by atoms with Crippen molar-refractivity contribution in [2.45, 2.75) is 90.8 Å². The van der Waals surface area contributed by atoms with Gasteiger partial charge in [-0.3, -0.25) is 4.55 Å². The molecule has 0 aliphatic heterocycles. The van der Waals surface area contributed by atoms with Gasteiger partial charge in [0.1, 0.15) is 0 Å². The topological polar surface area (TPSA) is 83.8 Å². The third-order valence-electron chi connectivity index (χ3n) is 9.53. The summed E-state index contributed by atoms with van der Waals surface area (Å²) in [6.45, 7) is 6.84. The Labute approximate surface area is 164 Å². The van der Waals surface area contributed by atoms with Crippen LogP contribution < -0.4 is 0 Å². The molecule has 0 aromatic rings. The number of fused-ring (bicyclic) bond motifs is 5. The van der Waals surface area contributed by atoms with Crippen LogP contribution in [0.1, 0.15) is 78.6 Å². The van der Waals surface area contributed by atoms with E-state index in [9.17, 15) is 13.5 Å². The second-order valence-electron chi connectivity index (χ2n) is 10.5. The summed E-state index contributed by atoms with van der Waals surface area (Å²) in [6.07, 6.45) is 9.08. The summed E-state index contributed by atoms with van der Waals surface area (Å²) in [5.74, 6) is 3.09. The van der Waals surface area contributed by atoms with E-state index in [0.29, 0.717) is 24.2 Å². The smallest absolute Gasteiger partial charge is 0.393 e. The quantitative estimate of drug-likeness (QED) is 0.693. The summed E-state index contributed by atoms with van der Waals surface area (Å²) < 4.78 is 36.2. The summed E-state index contributed by atoms with van der Waals surface area (Å²) in [4.78, 5) is 0. The molecule has 6 heteroatoms. The summed E-state index contributed by atoms with van der Waals surface area (Å²) in [7, 11) is -4.36. The molecule has 4 fully saturated rings. The van der Waals surface area contributed by atoms with Crippen molar-refractivity contribution in [1.82, 2.24) is 0 Å². The van der Waals surface area contributed by atoms with Gasteiger partial charge in [0.15, 0.2) is 0 Å². The van der Waals surface area contributed by atoms with E-state index in [2.05, 4.69) is 13.8 Å². The molecule has 0 bridgehead atoms. The molecule has 156 valence electrons. The molecule has 27 heavy (non-hydrogen) atoms. The summed E-state index contributed by atoms with van der Waals surface area (Å²) >= 11 is 0. The normalized spacial score (nSPS) is 51.1. The van der Waals surface area contributed by atoms with Gasteiger partial charge >= 0.3 is 10.4 Å². The third-order valence-corrected chi connectivity index (χ3v) is 10.0. The Morgan fingerprint density at radius 2 is 1.63 bits per heavy atom. The molecule has 4 aliphatic rings. The van der Waals surface area contributed by atoms with E-state index in [0.717, 1.165) is 37.5 Å². The first-order valence-corrected chi connectivity index (χ1v) is 12.2. The molecule has 0 spiro atoms. The molecule has 4 saturated carbocycles. The van der Waals surface area contributed by atoms with E-state index in [-0.39, 0.29) is 23.0 Å². The Bertz CT molecular complexity index is 676. The zero-order valence-electron chi connectivity index (χ0n) is 16.9. The third kappa shape index (κ3) is 3.28.